The van der Waals surface area contributed by atoms with Crippen molar-refractivity contribution in [3.8, 4) is 0 Å². The van der Waals surface area contributed by atoms with E-state index in [1.54, 1.807) is 17.8 Å². The quantitative estimate of drug-likeness (QED) is 0.872. The molecule has 1 aliphatic rings. The summed E-state index contributed by atoms with van der Waals surface area (Å²) in [6.45, 7) is 0.645. The molecule has 0 bridgehead atoms. The van der Waals surface area contributed by atoms with Gasteiger partial charge in [0.1, 0.15) is 5.82 Å². The van der Waals surface area contributed by atoms with Gasteiger partial charge in [0.2, 0.25) is 0 Å². The number of nitrogens with two attached hydrogens (primary N) is 1. The van der Waals surface area contributed by atoms with Crippen LogP contribution in [-0.4, -0.2) is 11.3 Å². The first-order valence-corrected chi connectivity index (χ1v) is 6.71. The van der Waals surface area contributed by atoms with E-state index < -0.39 is 0 Å². The molecule has 2 rings (SSSR count). The SMILES string of the molecule is NCC1(Sc2ccccc2F)CCCCC1. The number of benzene rings is 1. The molecule has 2 N–H and O–H groups in total. The average molecular weight is 239 g/mol. The highest BCUT2D eigenvalue weighted by atomic mass is 32.2. The van der Waals surface area contributed by atoms with Gasteiger partial charge in [-0.15, -0.1) is 11.8 Å². The summed E-state index contributed by atoms with van der Waals surface area (Å²) in [4.78, 5) is 0.745. The van der Waals surface area contributed by atoms with Crippen LogP contribution in [0.5, 0.6) is 0 Å². The van der Waals surface area contributed by atoms with Crippen LogP contribution in [0.15, 0.2) is 29.2 Å². The second kappa shape index (κ2) is 5.19. The minimum absolute atomic E-state index is 0.0699. The maximum atomic E-state index is 13.6. The summed E-state index contributed by atoms with van der Waals surface area (Å²) in [5.41, 5.74) is 5.89. The van der Waals surface area contributed by atoms with Crippen LogP contribution in [0.3, 0.4) is 0 Å². The number of thioether (sulfide) groups is 1. The van der Waals surface area contributed by atoms with Crippen molar-refractivity contribution in [1.82, 2.24) is 0 Å². The lowest BCUT2D eigenvalue weighted by Crippen LogP contribution is -2.36. The molecule has 1 aliphatic carbocycles. The van der Waals surface area contributed by atoms with E-state index in [1.165, 1.54) is 25.3 Å². The molecule has 16 heavy (non-hydrogen) atoms. The van der Waals surface area contributed by atoms with E-state index in [0.717, 1.165) is 17.7 Å². The minimum atomic E-state index is -0.120. The third-order valence-corrected chi connectivity index (χ3v) is 4.86. The topological polar surface area (TPSA) is 26.0 Å². The van der Waals surface area contributed by atoms with Crippen LogP contribution in [0, 0.1) is 5.82 Å². The summed E-state index contributed by atoms with van der Waals surface area (Å²) in [5, 5.41) is 0. The highest BCUT2D eigenvalue weighted by molar-refractivity contribution is 8.00. The van der Waals surface area contributed by atoms with E-state index in [1.807, 2.05) is 12.1 Å². The van der Waals surface area contributed by atoms with Crippen LogP contribution in [0.1, 0.15) is 32.1 Å². The standard InChI is InChI=1S/C13H18FNS/c14-11-6-2-3-7-12(11)16-13(10-15)8-4-1-5-9-13/h2-3,6-7H,1,4-5,8-10,15H2. The van der Waals surface area contributed by atoms with Crippen molar-refractivity contribution in [2.75, 3.05) is 6.54 Å². The molecule has 1 nitrogen and oxygen atoms in total. The second-order valence-corrected chi connectivity index (χ2v) is 5.99. The molecule has 0 radical (unpaired) electrons. The summed E-state index contributed by atoms with van der Waals surface area (Å²) in [6.07, 6.45) is 5.96. The van der Waals surface area contributed by atoms with Crippen molar-refractivity contribution < 1.29 is 4.39 Å². The fourth-order valence-electron chi connectivity index (χ4n) is 2.30. The van der Waals surface area contributed by atoms with Crippen molar-refractivity contribution >= 4 is 11.8 Å². The summed E-state index contributed by atoms with van der Waals surface area (Å²) >= 11 is 1.64. The number of hydrogen-bond donors (Lipinski definition) is 1. The van der Waals surface area contributed by atoms with E-state index >= 15 is 0 Å². The van der Waals surface area contributed by atoms with Gasteiger partial charge in [0.05, 0.1) is 0 Å². The van der Waals surface area contributed by atoms with Gasteiger partial charge in [0.25, 0.3) is 0 Å². The fourth-order valence-corrected chi connectivity index (χ4v) is 3.66. The Morgan fingerprint density at radius 2 is 1.88 bits per heavy atom. The zero-order valence-corrected chi connectivity index (χ0v) is 10.2. The Bertz CT molecular complexity index is 348. The van der Waals surface area contributed by atoms with Crippen molar-refractivity contribution in [3.05, 3.63) is 30.1 Å². The lowest BCUT2D eigenvalue weighted by atomic mass is 9.88. The molecule has 1 saturated carbocycles. The summed E-state index contributed by atoms with van der Waals surface area (Å²) in [6, 6.07) is 7.00. The minimum Gasteiger partial charge on any atom is -0.329 e. The van der Waals surface area contributed by atoms with Crippen LogP contribution in [0.4, 0.5) is 4.39 Å². The Kier molecular flexibility index (Phi) is 3.87. The number of hydrogen-bond acceptors (Lipinski definition) is 2. The molecule has 0 aliphatic heterocycles. The van der Waals surface area contributed by atoms with Gasteiger partial charge < -0.3 is 5.73 Å². The normalized spacial score (nSPS) is 19.6. The molecule has 88 valence electrons. The molecular weight excluding hydrogens is 221 g/mol. The molecule has 0 amide bonds. The molecular formula is C13H18FNS. The monoisotopic (exact) mass is 239 g/mol. The molecule has 0 saturated heterocycles. The first kappa shape index (κ1) is 11.9. The van der Waals surface area contributed by atoms with Crippen molar-refractivity contribution in [1.29, 1.82) is 0 Å². The third kappa shape index (κ3) is 2.58. The maximum absolute atomic E-state index is 13.6. The summed E-state index contributed by atoms with van der Waals surface area (Å²) in [7, 11) is 0. The zero-order chi connectivity index (χ0) is 11.4. The number of halogens is 1. The Labute approximate surface area is 101 Å². The van der Waals surface area contributed by atoms with E-state index in [0.29, 0.717) is 6.54 Å². The van der Waals surface area contributed by atoms with Crippen LogP contribution in [-0.2, 0) is 0 Å². The molecule has 0 heterocycles. The Balaban J connectivity index is 2.15. The Morgan fingerprint density at radius 1 is 1.19 bits per heavy atom. The average Bonchev–Trinajstić information content (AvgIpc) is 2.33. The molecule has 3 heteroatoms. The molecule has 0 spiro atoms. The predicted molar refractivity (Wildman–Crippen MR) is 67.1 cm³/mol. The van der Waals surface area contributed by atoms with Gasteiger partial charge in [-0.25, -0.2) is 4.39 Å². The first-order valence-electron chi connectivity index (χ1n) is 5.89. The third-order valence-electron chi connectivity index (χ3n) is 3.30. The van der Waals surface area contributed by atoms with Crippen molar-refractivity contribution in [3.63, 3.8) is 0 Å². The van der Waals surface area contributed by atoms with Crippen molar-refractivity contribution in [2.24, 2.45) is 5.73 Å². The van der Waals surface area contributed by atoms with E-state index in [9.17, 15) is 4.39 Å². The highest BCUT2D eigenvalue weighted by Gasteiger charge is 2.32. The molecule has 0 atom stereocenters. The smallest absolute Gasteiger partial charge is 0.136 e. The maximum Gasteiger partial charge on any atom is 0.136 e. The molecule has 0 unspecified atom stereocenters. The highest BCUT2D eigenvalue weighted by Crippen LogP contribution is 2.43. The first-order chi connectivity index (χ1) is 7.76. The van der Waals surface area contributed by atoms with Crippen molar-refractivity contribution in [2.45, 2.75) is 41.7 Å². The van der Waals surface area contributed by atoms with E-state index in [2.05, 4.69) is 0 Å². The molecule has 1 aromatic carbocycles. The van der Waals surface area contributed by atoms with Gasteiger partial charge in [-0.2, -0.15) is 0 Å². The van der Waals surface area contributed by atoms with Gasteiger partial charge in [-0.1, -0.05) is 31.4 Å². The Hall–Kier alpha value is -0.540. The van der Waals surface area contributed by atoms with E-state index in [-0.39, 0.29) is 10.6 Å². The fraction of sp³-hybridized carbons (Fsp3) is 0.538. The van der Waals surface area contributed by atoms with Crippen LogP contribution in [0.25, 0.3) is 0 Å². The van der Waals surface area contributed by atoms with Crippen LogP contribution in [0.2, 0.25) is 0 Å². The van der Waals surface area contributed by atoms with Gasteiger partial charge in [0, 0.05) is 16.2 Å². The lowest BCUT2D eigenvalue weighted by molar-refractivity contribution is 0.403. The molecule has 0 aromatic heterocycles. The van der Waals surface area contributed by atoms with Gasteiger partial charge in [-0.3, -0.25) is 0 Å². The van der Waals surface area contributed by atoms with Gasteiger partial charge in [-0.05, 0) is 25.0 Å². The molecule has 1 aromatic rings. The van der Waals surface area contributed by atoms with Crippen LogP contribution >= 0.6 is 11.8 Å². The summed E-state index contributed by atoms with van der Waals surface area (Å²) in [5.74, 6) is -0.120. The Morgan fingerprint density at radius 3 is 2.50 bits per heavy atom. The second-order valence-electron chi connectivity index (χ2n) is 4.48. The predicted octanol–water partition coefficient (Wildman–Crippen LogP) is 3.58. The lowest BCUT2D eigenvalue weighted by Gasteiger charge is -2.35. The van der Waals surface area contributed by atoms with Gasteiger partial charge >= 0.3 is 0 Å². The molecule has 1 fully saturated rings. The van der Waals surface area contributed by atoms with E-state index in [4.69, 9.17) is 5.73 Å². The van der Waals surface area contributed by atoms with Gasteiger partial charge in [0.15, 0.2) is 0 Å². The largest absolute Gasteiger partial charge is 0.329 e. The zero-order valence-electron chi connectivity index (χ0n) is 9.42. The summed E-state index contributed by atoms with van der Waals surface area (Å²) < 4.78 is 13.7. The van der Waals surface area contributed by atoms with Crippen LogP contribution < -0.4 is 5.73 Å². The number of rotatable bonds is 3.